The highest BCUT2D eigenvalue weighted by Gasteiger charge is 2.35. The number of nitrogens with zero attached hydrogens (tertiary/aromatic N) is 1. The van der Waals surface area contributed by atoms with Crippen molar-refractivity contribution < 1.29 is 27.1 Å². The molecule has 1 heterocycles. The third-order valence-electron chi connectivity index (χ3n) is 4.83. The van der Waals surface area contributed by atoms with Gasteiger partial charge in [0.15, 0.2) is 6.10 Å². The zero-order valence-electron chi connectivity index (χ0n) is 15.1. The van der Waals surface area contributed by atoms with Gasteiger partial charge in [-0.2, -0.15) is 4.31 Å². The number of carbonyl (C=O) groups excluding carboxylic acids is 2. The second-order valence-electron chi connectivity index (χ2n) is 6.97. The first kappa shape index (κ1) is 19.8. The molecule has 1 aromatic carbocycles. The largest absolute Gasteiger partial charge is 0.452 e. The number of esters is 1. The summed E-state index contributed by atoms with van der Waals surface area (Å²) < 4.78 is 45.4. The van der Waals surface area contributed by atoms with Crippen LogP contribution in [-0.4, -0.2) is 49.8 Å². The van der Waals surface area contributed by atoms with Gasteiger partial charge in [-0.3, -0.25) is 9.59 Å². The Kier molecular flexibility index (Phi) is 5.81. The molecular weight excluding hydrogens is 375 g/mol. The number of nitrogens with one attached hydrogen (secondary N) is 1. The van der Waals surface area contributed by atoms with Crippen molar-refractivity contribution in [3.63, 3.8) is 0 Å². The summed E-state index contributed by atoms with van der Waals surface area (Å²) in [4.78, 5) is 23.8. The van der Waals surface area contributed by atoms with Crippen molar-refractivity contribution in [2.24, 2.45) is 5.92 Å². The van der Waals surface area contributed by atoms with Gasteiger partial charge in [-0.1, -0.05) is 12.1 Å². The summed E-state index contributed by atoms with van der Waals surface area (Å²) in [7, 11) is -3.94. The van der Waals surface area contributed by atoms with Crippen molar-refractivity contribution in [1.82, 2.24) is 9.62 Å². The molecule has 1 saturated heterocycles. The second kappa shape index (κ2) is 7.93. The molecule has 1 N–H and O–H groups in total. The number of amides is 1. The molecule has 1 saturated carbocycles. The van der Waals surface area contributed by atoms with E-state index >= 15 is 0 Å². The van der Waals surface area contributed by atoms with Crippen molar-refractivity contribution in [1.29, 1.82) is 0 Å². The van der Waals surface area contributed by atoms with Gasteiger partial charge >= 0.3 is 5.97 Å². The quantitative estimate of drug-likeness (QED) is 0.732. The van der Waals surface area contributed by atoms with Gasteiger partial charge in [0, 0.05) is 19.1 Å². The van der Waals surface area contributed by atoms with Gasteiger partial charge in [0.05, 0.1) is 5.92 Å². The summed E-state index contributed by atoms with van der Waals surface area (Å²) in [6.07, 6.45) is 1.55. The number of ether oxygens (including phenoxy) is 1. The van der Waals surface area contributed by atoms with Crippen molar-refractivity contribution >= 4 is 21.9 Å². The zero-order valence-corrected chi connectivity index (χ0v) is 15.9. The van der Waals surface area contributed by atoms with Crippen LogP contribution in [-0.2, 0) is 24.3 Å². The molecule has 0 radical (unpaired) electrons. The number of benzene rings is 1. The summed E-state index contributed by atoms with van der Waals surface area (Å²) in [5, 5.41) is 2.77. The Hall–Kier alpha value is -2.00. The average molecular weight is 398 g/mol. The van der Waals surface area contributed by atoms with Gasteiger partial charge < -0.3 is 10.1 Å². The van der Waals surface area contributed by atoms with Crippen LogP contribution in [0.1, 0.15) is 32.6 Å². The molecule has 0 aromatic heterocycles. The van der Waals surface area contributed by atoms with Crippen LogP contribution in [0.2, 0.25) is 0 Å². The molecule has 3 rings (SSSR count). The van der Waals surface area contributed by atoms with Crippen LogP contribution < -0.4 is 5.32 Å². The summed E-state index contributed by atoms with van der Waals surface area (Å²) >= 11 is 0. The van der Waals surface area contributed by atoms with Gasteiger partial charge in [0.1, 0.15) is 10.7 Å². The fraction of sp³-hybridized carbons (Fsp3) is 0.556. The topological polar surface area (TPSA) is 92.8 Å². The molecule has 0 bridgehead atoms. The highest BCUT2D eigenvalue weighted by atomic mass is 32.2. The zero-order chi connectivity index (χ0) is 19.6. The number of rotatable bonds is 6. The van der Waals surface area contributed by atoms with Gasteiger partial charge in [0.25, 0.3) is 5.91 Å². The van der Waals surface area contributed by atoms with E-state index in [1.807, 2.05) is 0 Å². The van der Waals surface area contributed by atoms with Gasteiger partial charge in [0.2, 0.25) is 10.0 Å². The minimum atomic E-state index is -3.94. The van der Waals surface area contributed by atoms with Crippen molar-refractivity contribution in [3.05, 3.63) is 30.1 Å². The van der Waals surface area contributed by atoms with E-state index in [1.54, 1.807) is 0 Å². The van der Waals surface area contributed by atoms with Crippen LogP contribution in [0.15, 0.2) is 29.2 Å². The SMILES string of the molecule is C[C@H](OC(=O)C1CCN(S(=O)(=O)c2ccccc2F)CC1)C(=O)NC1CC1. The predicted molar refractivity (Wildman–Crippen MR) is 94.6 cm³/mol. The summed E-state index contributed by atoms with van der Waals surface area (Å²) in [6, 6.07) is 5.41. The summed E-state index contributed by atoms with van der Waals surface area (Å²) in [6.45, 7) is 1.71. The molecule has 1 amide bonds. The molecule has 1 aromatic rings. The van der Waals surface area contributed by atoms with E-state index in [1.165, 1.54) is 29.4 Å². The molecule has 2 fully saturated rings. The Labute approximate surface area is 157 Å². The maximum atomic E-state index is 13.8. The summed E-state index contributed by atoms with van der Waals surface area (Å²) in [5.41, 5.74) is 0. The number of carbonyl (C=O) groups is 2. The first-order valence-electron chi connectivity index (χ1n) is 9.04. The van der Waals surface area contributed by atoms with Crippen LogP contribution in [0.5, 0.6) is 0 Å². The highest BCUT2D eigenvalue weighted by Crippen LogP contribution is 2.26. The third kappa shape index (κ3) is 4.65. The lowest BCUT2D eigenvalue weighted by Crippen LogP contribution is -2.42. The average Bonchev–Trinajstić information content (AvgIpc) is 3.46. The van der Waals surface area contributed by atoms with Crippen LogP contribution >= 0.6 is 0 Å². The van der Waals surface area contributed by atoms with E-state index in [9.17, 15) is 22.4 Å². The van der Waals surface area contributed by atoms with E-state index in [4.69, 9.17) is 4.74 Å². The van der Waals surface area contributed by atoms with Crippen molar-refractivity contribution in [2.45, 2.75) is 49.6 Å². The molecule has 148 valence electrons. The lowest BCUT2D eigenvalue weighted by molar-refractivity contribution is -0.159. The predicted octanol–water partition coefficient (Wildman–Crippen LogP) is 1.44. The summed E-state index contributed by atoms with van der Waals surface area (Å²) in [5.74, 6) is -2.09. The van der Waals surface area contributed by atoms with Crippen LogP contribution in [0.4, 0.5) is 4.39 Å². The fourth-order valence-corrected chi connectivity index (χ4v) is 4.53. The maximum Gasteiger partial charge on any atom is 0.309 e. The smallest absolute Gasteiger partial charge is 0.309 e. The number of sulfonamides is 1. The van der Waals surface area contributed by atoms with Gasteiger partial charge in [-0.15, -0.1) is 0 Å². The van der Waals surface area contributed by atoms with E-state index in [0.717, 1.165) is 18.9 Å². The number of halogens is 1. The Morgan fingerprint density at radius 3 is 2.41 bits per heavy atom. The second-order valence-corrected chi connectivity index (χ2v) is 8.88. The highest BCUT2D eigenvalue weighted by molar-refractivity contribution is 7.89. The first-order valence-corrected chi connectivity index (χ1v) is 10.5. The molecule has 1 aliphatic carbocycles. The van der Waals surface area contributed by atoms with Crippen molar-refractivity contribution in [3.8, 4) is 0 Å². The van der Waals surface area contributed by atoms with Crippen LogP contribution in [0, 0.1) is 11.7 Å². The van der Waals surface area contributed by atoms with Crippen LogP contribution in [0.3, 0.4) is 0 Å². The van der Waals surface area contributed by atoms with Gasteiger partial charge in [-0.05, 0) is 44.7 Å². The lowest BCUT2D eigenvalue weighted by atomic mass is 9.98. The Morgan fingerprint density at radius 1 is 1.19 bits per heavy atom. The minimum absolute atomic E-state index is 0.0963. The third-order valence-corrected chi connectivity index (χ3v) is 6.76. The Bertz CT molecular complexity index is 817. The molecule has 0 unspecified atom stereocenters. The minimum Gasteiger partial charge on any atom is -0.452 e. The maximum absolute atomic E-state index is 13.8. The fourth-order valence-electron chi connectivity index (χ4n) is 3.00. The monoisotopic (exact) mass is 398 g/mol. The van der Waals surface area contributed by atoms with Gasteiger partial charge in [-0.25, -0.2) is 12.8 Å². The Morgan fingerprint density at radius 2 is 1.81 bits per heavy atom. The molecule has 7 nitrogen and oxygen atoms in total. The van der Waals surface area contributed by atoms with E-state index in [2.05, 4.69) is 5.32 Å². The Balaban J connectivity index is 1.54. The molecule has 1 aliphatic heterocycles. The van der Waals surface area contributed by atoms with E-state index in [0.29, 0.717) is 0 Å². The number of piperidine rings is 1. The number of hydrogen-bond donors (Lipinski definition) is 1. The molecule has 27 heavy (non-hydrogen) atoms. The lowest BCUT2D eigenvalue weighted by Gasteiger charge is -2.30. The van der Waals surface area contributed by atoms with Crippen molar-refractivity contribution in [2.75, 3.05) is 13.1 Å². The molecule has 1 atom stereocenters. The molecule has 9 heteroatoms. The number of hydrogen-bond acceptors (Lipinski definition) is 5. The molecule has 0 spiro atoms. The van der Waals surface area contributed by atoms with E-state index in [-0.39, 0.29) is 42.8 Å². The van der Waals surface area contributed by atoms with E-state index < -0.39 is 33.8 Å². The van der Waals surface area contributed by atoms with Crippen LogP contribution in [0.25, 0.3) is 0 Å². The molecular formula is C18H23FN2O5S. The normalized spacial score (nSPS) is 20.1. The standard InChI is InChI=1S/C18H23FN2O5S/c1-12(17(22)20-14-6-7-14)26-18(23)13-8-10-21(11-9-13)27(24,25)16-5-3-2-4-15(16)19/h2-5,12-14H,6-11H2,1H3,(H,20,22)/t12-/m0/s1. The molecule has 2 aliphatic rings. The first-order chi connectivity index (χ1) is 12.8.